The Hall–Kier alpha value is -3.65. The fourth-order valence-corrected chi connectivity index (χ4v) is 5.38. The maximum Gasteiger partial charge on any atom is 0.311 e. The molecule has 34 heavy (non-hydrogen) atoms. The second-order valence-corrected chi connectivity index (χ2v) is 9.75. The molecule has 5 rings (SSSR count). The van der Waals surface area contributed by atoms with Gasteiger partial charge in [-0.1, -0.05) is 47.7 Å². The number of thiazole rings is 1. The number of hydrogen-bond donors (Lipinski definition) is 1. The van der Waals surface area contributed by atoms with Gasteiger partial charge in [0.15, 0.2) is 5.13 Å². The molecule has 0 radical (unpaired) electrons. The minimum atomic E-state index is -0.795. The summed E-state index contributed by atoms with van der Waals surface area (Å²) in [6.45, 7) is 2.99. The number of anilines is 1. The van der Waals surface area contributed by atoms with Gasteiger partial charge in [0, 0.05) is 36.6 Å². The summed E-state index contributed by atoms with van der Waals surface area (Å²) in [6, 6.07) is 14.4. The second-order valence-electron chi connectivity index (χ2n) is 8.78. The monoisotopic (exact) mass is 474 g/mol. The van der Waals surface area contributed by atoms with Crippen molar-refractivity contribution in [3.05, 3.63) is 73.1 Å². The molecular weight excluding hydrogens is 451 g/mol. The molecule has 8 heteroatoms. The molecule has 2 aromatic heterocycles. The van der Waals surface area contributed by atoms with Crippen molar-refractivity contribution in [3.63, 3.8) is 0 Å². The molecular formula is C26H23FN4O2S. The van der Waals surface area contributed by atoms with Crippen molar-refractivity contribution in [2.24, 2.45) is 5.41 Å². The molecule has 4 aromatic rings. The van der Waals surface area contributed by atoms with E-state index in [0.29, 0.717) is 13.0 Å². The highest BCUT2D eigenvalue weighted by Gasteiger charge is 2.39. The molecule has 1 aliphatic rings. The Kier molecular flexibility index (Phi) is 5.83. The largest absolute Gasteiger partial charge is 0.481 e. The van der Waals surface area contributed by atoms with E-state index in [2.05, 4.69) is 14.9 Å². The lowest BCUT2D eigenvalue weighted by Gasteiger charge is -2.37. The van der Waals surface area contributed by atoms with E-state index in [1.165, 1.54) is 29.8 Å². The van der Waals surface area contributed by atoms with Crippen LogP contribution in [0.2, 0.25) is 0 Å². The van der Waals surface area contributed by atoms with Gasteiger partial charge in [-0.15, -0.1) is 0 Å². The number of halogens is 1. The van der Waals surface area contributed by atoms with E-state index in [4.69, 9.17) is 4.98 Å². The van der Waals surface area contributed by atoms with Gasteiger partial charge in [-0.25, -0.2) is 19.3 Å². The van der Waals surface area contributed by atoms with Crippen molar-refractivity contribution in [2.45, 2.75) is 19.8 Å². The first kappa shape index (κ1) is 22.2. The summed E-state index contributed by atoms with van der Waals surface area (Å²) in [4.78, 5) is 28.2. The summed E-state index contributed by atoms with van der Waals surface area (Å²) in [5.41, 5.74) is 3.73. The van der Waals surface area contributed by atoms with Gasteiger partial charge >= 0.3 is 5.97 Å². The Labute approximate surface area is 200 Å². The quantitative estimate of drug-likeness (QED) is 0.396. The van der Waals surface area contributed by atoms with E-state index in [-0.39, 0.29) is 5.82 Å². The summed E-state index contributed by atoms with van der Waals surface area (Å²) in [5.74, 6) is -1.04. The predicted octanol–water partition coefficient (Wildman–Crippen LogP) is 5.76. The summed E-state index contributed by atoms with van der Waals surface area (Å²) in [7, 11) is 0. The molecule has 1 saturated heterocycles. The van der Waals surface area contributed by atoms with Crippen LogP contribution in [0.15, 0.2) is 67.3 Å². The van der Waals surface area contributed by atoms with Gasteiger partial charge in [0.2, 0.25) is 0 Å². The van der Waals surface area contributed by atoms with Crippen molar-refractivity contribution in [1.82, 2.24) is 15.0 Å². The third-order valence-corrected chi connectivity index (χ3v) is 7.42. The van der Waals surface area contributed by atoms with Crippen molar-refractivity contribution < 1.29 is 14.3 Å². The van der Waals surface area contributed by atoms with E-state index in [9.17, 15) is 14.3 Å². The molecule has 172 valence electrons. The van der Waals surface area contributed by atoms with Crippen molar-refractivity contribution in [2.75, 3.05) is 18.0 Å². The molecule has 1 fully saturated rings. The fourth-order valence-electron chi connectivity index (χ4n) is 4.29. The average Bonchev–Trinajstić information content (AvgIpc) is 3.31. The van der Waals surface area contributed by atoms with Gasteiger partial charge in [-0.05, 0) is 43.0 Å². The summed E-state index contributed by atoms with van der Waals surface area (Å²) in [5, 5.41) is 10.5. The lowest BCUT2D eigenvalue weighted by Crippen LogP contribution is -2.46. The third-order valence-electron chi connectivity index (χ3n) is 6.26. The first-order valence-corrected chi connectivity index (χ1v) is 11.9. The molecule has 0 spiro atoms. The number of benzene rings is 2. The smallest absolute Gasteiger partial charge is 0.311 e. The van der Waals surface area contributed by atoms with E-state index >= 15 is 0 Å². The Morgan fingerprint density at radius 3 is 2.26 bits per heavy atom. The third kappa shape index (κ3) is 4.28. The standard InChI is InChI=1S/C26H23FN4O2S/c1-26(24(32)33)11-2-12-31(15-26)25-30-22(23(34-25)20-13-28-16-29-14-20)19-5-3-17(4-6-19)18-7-9-21(27)10-8-18/h3-10,13-14,16H,2,11-12,15H2,1H3,(H,32,33). The van der Waals surface area contributed by atoms with Crippen LogP contribution in [0.5, 0.6) is 0 Å². The van der Waals surface area contributed by atoms with Gasteiger partial charge in [-0.3, -0.25) is 4.79 Å². The van der Waals surface area contributed by atoms with Crippen molar-refractivity contribution >= 4 is 22.4 Å². The first-order valence-electron chi connectivity index (χ1n) is 11.0. The molecule has 1 aliphatic heterocycles. The number of nitrogens with zero attached hydrogens (tertiary/aromatic N) is 4. The maximum atomic E-state index is 13.3. The van der Waals surface area contributed by atoms with Gasteiger partial charge in [0.05, 0.1) is 16.0 Å². The zero-order valence-corrected chi connectivity index (χ0v) is 19.4. The Morgan fingerprint density at radius 1 is 1.00 bits per heavy atom. The molecule has 0 saturated carbocycles. The molecule has 2 aromatic carbocycles. The van der Waals surface area contributed by atoms with Crippen molar-refractivity contribution in [3.8, 4) is 32.8 Å². The molecule has 0 amide bonds. The predicted molar refractivity (Wildman–Crippen MR) is 131 cm³/mol. The first-order chi connectivity index (χ1) is 16.4. The SMILES string of the molecule is CC1(C(=O)O)CCCN(c2nc(-c3ccc(-c4ccc(F)cc4)cc3)c(-c3cncnc3)s2)C1. The van der Waals surface area contributed by atoms with Crippen LogP contribution >= 0.6 is 11.3 Å². The van der Waals surface area contributed by atoms with Crippen LogP contribution in [0.25, 0.3) is 32.8 Å². The van der Waals surface area contributed by atoms with Crippen LogP contribution in [0.3, 0.4) is 0 Å². The second kappa shape index (κ2) is 8.95. The van der Waals surface area contributed by atoms with E-state index < -0.39 is 11.4 Å². The number of rotatable bonds is 5. The Morgan fingerprint density at radius 2 is 1.62 bits per heavy atom. The van der Waals surface area contributed by atoms with Gasteiger partial charge < -0.3 is 10.0 Å². The van der Waals surface area contributed by atoms with Crippen molar-refractivity contribution in [1.29, 1.82) is 0 Å². The number of aromatic nitrogens is 3. The molecule has 1 atom stereocenters. The van der Waals surface area contributed by atoms with Gasteiger partial charge in [0.1, 0.15) is 12.1 Å². The minimum absolute atomic E-state index is 0.262. The maximum absolute atomic E-state index is 13.3. The Balaban J connectivity index is 1.53. The molecule has 6 nitrogen and oxygen atoms in total. The van der Waals surface area contributed by atoms with Gasteiger partial charge in [-0.2, -0.15) is 0 Å². The summed E-state index contributed by atoms with van der Waals surface area (Å²) >= 11 is 1.53. The minimum Gasteiger partial charge on any atom is -0.481 e. The van der Waals surface area contributed by atoms with Crippen LogP contribution in [-0.2, 0) is 4.79 Å². The average molecular weight is 475 g/mol. The summed E-state index contributed by atoms with van der Waals surface area (Å²) < 4.78 is 13.3. The number of carbonyl (C=O) groups is 1. The lowest BCUT2D eigenvalue weighted by molar-refractivity contribution is -0.148. The molecule has 3 heterocycles. The highest BCUT2D eigenvalue weighted by atomic mass is 32.1. The van der Waals surface area contributed by atoms with Crippen LogP contribution in [0.4, 0.5) is 9.52 Å². The molecule has 1 unspecified atom stereocenters. The summed E-state index contributed by atoms with van der Waals surface area (Å²) in [6.07, 6.45) is 6.47. The molecule has 1 N–H and O–H groups in total. The van der Waals surface area contributed by atoms with Crippen LogP contribution < -0.4 is 4.90 Å². The fraction of sp³-hybridized carbons (Fsp3) is 0.231. The highest BCUT2D eigenvalue weighted by molar-refractivity contribution is 7.19. The Bertz CT molecular complexity index is 1310. The van der Waals surface area contributed by atoms with Gasteiger partial charge in [0.25, 0.3) is 0 Å². The van der Waals surface area contributed by atoms with E-state index in [1.807, 2.05) is 24.3 Å². The van der Waals surface area contributed by atoms with Crippen LogP contribution in [0, 0.1) is 11.2 Å². The lowest BCUT2D eigenvalue weighted by atomic mass is 9.82. The molecule has 0 bridgehead atoms. The highest BCUT2D eigenvalue weighted by Crippen LogP contribution is 2.42. The zero-order chi connectivity index (χ0) is 23.7. The van der Waals surface area contributed by atoms with E-state index in [0.717, 1.165) is 50.9 Å². The molecule has 0 aliphatic carbocycles. The number of piperidine rings is 1. The van der Waals surface area contributed by atoms with E-state index in [1.54, 1.807) is 31.5 Å². The van der Waals surface area contributed by atoms with Crippen LogP contribution in [0.1, 0.15) is 19.8 Å². The topological polar surface area (TPSA) is 79.2 Å². The number of aliphatic carboxylic acids is 1. The normalized spacial score (nSPS) is 18.1. The number of carboxylic acids is 1. The zero-order valence-electron chi connectivity index (χ0n) is 18.6. The number of hydrogen-bond acceptors (Lipinski definition) is 6. The number of carboxylic acid groups (broad SMARTS) is 1. The van der Waals surface area contributed by atoms with Crippen LogP contribution in [-0.4, -0.2) is 39.1 Å².